The molecule has 1 N–H and O–H groups in total. The van der Waals surface area contributed by atoms with Crippen molar-refractivity contribution in [2.75, 3.05) is 0 Å². The van der Waals surface area contributed by atoms with Gasteiger partial charge in [0.05, 0.1) is 11.3 Å². The average molecular weight is 363 g/mol. The number of hydrogen-bond donors (Lipinski definition) is 1. The molecule has 7 heteroatoms. The Morgan fingerprint density at radius 3 is 2.36 bits per heavy atom. The van der Waals surface area contributed by atoms with Gasteiger partial charge >= 0.3 is 6.16 Å². The molecule has 1 aromatic carbocycles. The fourth-order valence-electron chi connectivity index (χ4n) is 2.04. The lowest BCUT2D eigenvalue weighted by molar-refractivity contribution is 0.0853. The topological polar surface area (TPSA) is 81.8 Å². The van der Waals surface area contributed by atoms with Crippen molar-refractivity contribution in [1.29, 1.82) is 0 Å². The molecular formula is C18H25NO5Si. The highest BCUT2D eigenvalue weighted by Gasteiger charge is 2.38. The summed E-state index contributed by atoms with van der Waals surface area (Å²) in [5.41, 5.74) is 2.03. The van der Waals surface area contributed by atoms with Crippen molar-refractivity contribution in [3.63, 3.8) is 0 Å². The largest absolute Gasteiger partial charge is 0.544 e. The van der Waals surface area contributed by atoms with Gasteiger partial charge < -0.3 is 18.8 Å². The summed E-state index contributed by atoms with van der Waals surface area (Å²) in [7, 11) is -1.90. The summed E-state index contributed by atoms with van der Waals surface area (Å²) in [5.74, 6) is 1.33. The smallest absolute Gasteiger partial charge is 0.506 e. The summed E-state index contributed by atoms with van der Waals surface area (Å²) < 4.78 is 16.3. The van der Waals surface area contributed by atoms with Crippen LogP contribution in [0.1, 0.15) is 32.0 Å². The van der Waals surface area contributed by atoms with Crippen molar-refractivity contribution in [3.8, 4) is 17.1 Å². The van der Waals surface area contributed by atoms with Crippen molar-refractivity contribution in [2.24, 2.45) is 0 Å². The van der Waals surface area contributed by atoms with Crippen LogP contribution in [0.2, 0.25) is 18.1 Å². The minimum atomic E-state index is -1.90. The average Bonchev–Trinajstić information content (AvgIpc) is 2.85. The van der Waals surface area contributed by atoms with Crippen LogP contribution < -0.4 is 4.43 Å². The number of nitrogens with zero attached hydrogens (tertiary/aromatic N) is 1. The maximum absolute atomic E-state index is 10.6. The van der Waals surface area contributed by atoms with E-state index in [1.54, 1.807) is 6.92 Å². The molecule has 0 amide bonds. The molecular weight excluding hydrogens is 338 g/mol. The molecule has 6 nitrogen and oxygen atoms in total. The third-order valence-electron chi connectivity index (χ3n) is 4.62. The van der Waals surface area contributed by atoms with Crippen LogP contribution in [0.15, 0.2) is 28.8 Å². The molecule has 0 aliphatic rings. The lowest BCUT2D eigenvalue weighted by Gasteiger charge is -2.36. The van der Waals surface area contributed by atoms with Crippen molar-refractivity contribution in [3.05, 3.63) is 35.5 Å². The molecule has 25 heavy (non-hydrogen) atoms. The maximum Gasteiger partial charge on any atom is 0.506 e. The van der Waals surface area contributed by atoms with Gasteiger partial charge in [-0.3, -0.25) is 0 Å². The molecule has 136 valence electrons. The first kappa shape index (κ1) is 19.0. The quantitative estimate of drug-likeness (QED) is 0.579. The first-order valence-electron chi connectivity index (χ1n) is 8.11. The highest BCUT2D eigenvalue weighted by Crippen LogP contribution is 2.38. The second-order valence-electron chi connectivity index (χ2n) is 7.52. The molecule has 0 saturated carbocycles. The number of rotatable bonds is 5. The normalized spacial score (nSPS) is 12.1. The summed E-state index contributed by atoms with van der Waals surface area (Å²) in [6.45, 7) is 12.6. The molecule has 0 atom stereocenters. The van der Waals surface area contributed by atoms with Gasteiger partial charge in [0.1, 0.15) is 12.4 Å². The van der Waals surface area contributed by atoms with E-state index >= 15 is 0 Å². The SMILES string of the molecule is Cc1noc(-c2ccc(O[Si](C)(C)C(C)(C)C)cc2)c1COC(=O)O. The van der Waals surface area contributed by atoms with Gasteiger partial charge in [0.15, 0.2) is 5.76 Å². The Bertz CT molecular complexity index is 744. The number of carbonyl (C=O) groups is 1. The summed E-state index contributed by atoms with van der Waals surface area (Å²) in [5, 5.41) is 12.7. The van der Waals surface area contributed by atoms with Crippen molar-refractivity contribution < 1.29 is 23.6 Å². The number of aromatic nitrogens is 1. The molecule has 0 unspecified atom stereocenters. The molecule has 2 aromatic rings. The van der Waals surface area contributed by atoms with E-state index in [-0.39, 0.29) is 11.6 Å². The number of hydrogen-bond acceptors (Lipinski definition) is 5. The fourth-order valence-corrected chi connectivity index (χ4v) is 3.07. The zero-order chi connectivity index (χ0) is 18.8. The second kappa shape index (κ2) is 6.91. The minimum absolute atomic E-state index is 0.0950. The van der Waals surface area contributed by atoms with Gasteiger partial charge in [-0.05, 0) is 49.3 Å². The molecule has 2 rings (SSSR count). The van der Waals surface area contributed by atoms with Crippen LogP contribution in [0.5, 0.6) is 5.75 Å². The van der Waals surface area contributed by atoms with E-state index in [1.165, 1.54) is 0 Å². The van der Waals surface area contributed by atoms with E-state index in [0.29, 0.717) is 17.0 Å². The summed E-state index contributed by atoms with van der Waals surface area (Å²) in [4.78, 5) is 10.6. The number of benzene rings is 1. The first-order chi connectivity index (χ1) is 11.5. The lowest BCUT2D eigenvalue weighted by Crippen LogP contribution is -2.43. The monoisotopic (exact) mass is 363 g/mol. The van der Waals surface area contributed by atoms with Gasteiger partial charge in [0.25, 0.3) is 0 Å². The Balaban J connectivity index is 2.22. The minimum Gasteiger partial charge on any atom is -0.544 e. The summed E-state index contributed by atoms with van der Waals surface area (Å²) >= 11 is 0. The molecule has 1 aromatic heterocycles. The maximum atomic E-state index is 10.6. The van der Waals surface area contributed by atoms with Gasteiger partial charge in [-0.25, -0.2) is 4.79 Å². The Morgan fingerprint density at radius 1 is 1.24 bits per heavy atom. The van der Waals surface area contributed by atoms with Crippen LogP contribution in [-0.2, 0) is 11.3 Å². The third-order valence-corrected chi connectivity index (χ3v) is 8.98. The third kappa shape index (κ3) is 4.42. The van der Waals surface area contributed by atoms with Crippen LogP contribution in [0.4, 0.5) is 4.79 Å². The molecule has 0 spiro atoms. The zero-order valence-corrected chi connectivity index (χ0v) is 16.5. The molecule has 0 bridgehead atoms. The number of ether oxygens (including phenoxy) is 1. The van der Waals surface area contributed by atoms with Gasteiger partial charge in [-0.15, -0.1) is 0 Å². The first-order valence-corrected chi connectivity index (χ1v) is 11.0. The molecule has 1 heterocycles. The molecule has 0 fully saturated rings. The molecule has 0 radical (unpaired) electrons. The highest BCUT2D eigenvalue weighted by molar-refractivity contribution is 6.74. The van der Waals surface area contributed by atoms with Crippen LogP contribution in [0.25, 0.3) is 11.3 Å². The Kier molecular flexibility index (Phi) is 5.27. The predicted octanol–water partition coefficient (Wildman–Crippen LogP) is 5.23. The van der Waals surface area contributed by atoms with E-state index in [1.807, 2.05) is 24.3 Å². The molecule has 0 aliphatic carbocycles. The Hall–Kier alpha value is -2.28. The van der Waals surface area contributed by atoms with Crippen molar-refractivity contribution >= 4 is 14.5 Å². The number of carboxylic acid groups (broad SMARTS) is 1. The molecule has 0 saturated heterocycles. The Labute approximate surface area is 148 Å². The van der Waals surface area contributed by atoms with Crippen LogP contribution in [-0.4, -0.2) is 24.7 Å². The van der Waals surface area contributed by atoms with E-state index in [0.717, 1.165) is 11.3 Å². The summed E-state index contributed by atoms with van der Waals surface area (Å²) in [6, 6.07) is 7.56. The van der Waals surface area contributed by atoms with E-state index in [9.17, 15) is 4.79 Å². The fraction of sp³-hybridized carbons (Fsp3) is 0.444. The number of aryl methyl sites for hydroxylation is 1. The Morgan fingerprint density at radius 2 is 1.84 bits per heavy atom. The second-order valence-corrected chi connectivity index (χ2v) is 12.2. The van der Waals surface area contributed by atoms with Gasteiger partial charge in [-0.2, -0.15) is 0 Å². The van der Waals surface area contributed by atoms with E-state index in [2.05, 4.69) is 43.8 Å². The van der Waals surface area contributed by atoms with Gasteiger partial charge in [0.2, 0.25) is 8.32 Å². The van der Waals surface area contributed by atoms with Crippen LogP contribution in [0, 0.1) is 6.92 Å². The van der Waals surface area contributed by atoms with Crippen molar-refractivity contribution in [2.45, 2.75) is 52.4 Å². The standard InChI is InChI=1S/C18H25NO5Si/c1-12-15(11-22-17(20)21)16(23-19-12)13-7-9-14(10-8-13)24-25(5,6)18(2,3)4/h7-10H,11H2,1-6H3,(H,20,21). The molecule has 0 aliphatic heterocycles. The predicted molar refractivity (Wildman–Crippen MR) is 97.3 cm³/mol. The van der Waals surface area contributed by atoms with Gasteiger partial charge in [-0.1, -0.05) is 25.9 Å². The van der Waals surface area contributed by atoms with E-state index in [4.69, 9.17) is 14.1 Å². The van der Waals surface area contributed by atoms with Crippen LogP contribution >= 0.6 is 0 Å². The summed E-state index contributed by atoms with van der Waals surface area (Å²) in [6.07, 6.45) is -1.33. The van der Waals surface area contributed by atoms with Crippen LogP contribution in [0.3, 0.4) is 0 Å². The van der Waals surface area contributed by atoms with Gasteiger partial charge in [0, 0.05) is 5.56 Å². The zero-order valence-electron chi connectivity index (χ0n) is 15.5. The lowest BCUT2D eigenvalue weighted by atomic mass is 10.1. The van der Waals surface area contributed by atoms with Crippen molar-refractivity contribution in [1.82, 2.24) is 5.16 Å². The highest BCUT2D eigenvalue weighted by atomic mass is 28.4. The van der Waals surface area contributed by atoms with E-state index < -0.39 is 14.5 Å².